The number of ether oxygens (including phenoxy) is 1. The molecule has 1 N–H and O–H groups in total. The van der Waals surface area contributed by atoms with Gasteiger partial charge in [0, 0.05) is 29.7 Å². The van der Waals surface area contributed by atoms with Crippen LogP contribution in [0.2, 0.25) is 0 Å². The molecule has 0 saturated carbocycles. The Hall–Kier alpha value is -3.28. The summed E-state index contributed by atoms with van der Waals surface area (Å²) in [6.07, 6.45) is 7.38. The van der Waals surface area contributed by atoms with Crippen LogP contribution in [-0.4, -0.2) is 28.0 Å². The first kappa shape index (κ1) is 20.0. The van der Waals surface area contributed by atoms with E-state index in [1.54, 1.807) is 19.5 Å². The van der Waals surface area contributed by atoms with Crippen molar-refractivity contribution in [2.45, 2.75) is 39.2 Å². The van der Waals surface area contributed by atoms with E-state index >= 15 is 0 Å². The summed E-state index contributed by atoms with van der Waals surface area (Å²) in [5.74, 6) is 1.47. The van der Waals surface area contributed by atoms with E-state index in [1.165, 1.54) is 0 Å². The molecule has 1 aromatic carbocycles. The fourth-order valence-corrected chi connectivity index (χ4v) is 3.99. The summed E-state index contributed by atoms with van der Waals surface area (Å²) in [5.41, 5.74) is 3.94. The van der Waals surface area contributed by atoms with Gasteiger partial charge in [0.1, 0.15) is 5.75 Å². The average Bonchev–Trinajstić information content (AvgIpc) is 2.73. The largest absolute Gasteiger partial charge is 0.497 e. The van der Waals surface area contributed by atoms with Crippen molar-refractivity contribution in [3.05, 3.63) is 71.8 Å². The minimum atomic E-state index is -0.0963. The Morgan fingerprint density at radius 3 is 2.60 bits per heavy atom. The van der Waals surface area contributed by atoms with Crippen LogP contribution in [-0.2, 0) is 17.6 Å². The minimum absolute atomic E-state index is 0.00738. The lowest BCUT2D eigenvalue weighted by Crippen LogP contribution is -2.37. The molecule has 1 amide bonds. The maximum absolute atomic E-state index is 12.8. The zero-order chi connectivity index (χ0) is 21.1. The van der Waals surface area contributed by atoms with E-state index in [0.717, 1.165) is 41.0 Å². The fourth-order valence-electron chi connectivity index (χ4n) is 3.99. The van der Waals surface area contributed by atoms with Crippen molar-refractivity contribution in [2.24, 2.45) is 5.41 Å². The first-order valence-electron chi connectivity index (χ1n) is 10.1. The lowest BCUT2D eigenvalue weighted by atomic mass is 9.74. The van der Waals surface area contributed by atoms with Crippen LogP contribution in [0.25, 0.3) is 11.4 Å². The van der Waals surface area contributed by atoms with Crippen molar-refractivity contribution < 1.29 is 9.53 Å². The molecule has 0 fully saturated rings. The molecule has 30 heavy (non-hydrogen) atoms. The molecule has 1 aliphatic carbocycles. The summed E-state index contributed by atoms with van der Waals surface area (Å²) in [5, 5.41) is 3.21. The highest BCUT2D eigenvalue weighted by molar-refractivity contribution is 5.79. The number of hydrogen-bond acceptors (Lipinski definition) is 5. The molecule has 0 saturated heterocycles. The first-order chi connectivity index (χ1) is 14.4. The highest BCUT2D eigenvalue weighted by Gasteiger charge is 2.34. The predicted octanol–water partition coefficient (Wildman–Crippen LogP) is 3.92. The van der Waals surface area contributed by atoms with Crippen LogP contribution < -0.4 is 10.1 Å². The molecule has 0 spiro atoms. The van der Waals surface area contributed by atoms with Crippen LogP contribution in [0, 0.1) is 5.41 Å². The van der Waals surface area contributed by atoms with Crippen LogP contribution in [0.5, 0.6) is 5.75 Å². The van der Waals surface area contributed by atoms with Crippen molar-refractivity contribution in [1.82, 2.24) is 20.3 Å². The molecule has 154 valence electrons. The highest BCUT2D eigenvalue weighted by atomic mass is 16.5. The van der Waals surface area contributed by atoms with Gasteiger partial charge in [-0.15, -0.1) is 0 Å². The van der Waals surface area contributed by atoms with Crippen LogP contribution >= 0.6 is 0 Å². The maximum atomic E-state index is 12.8. The molecular formula is C24H26N4O2. The van der Waals surface area contributed by atoms with Crippen molar-refractivity contribution >= 4 is 5.91 Å². The topological polar surface area (TPSA) is 77.0 Å². The van der Waals surface area contributed by atoms with Gasteiger partial charge >= 0.3 is 0 Å². The number of rotatable bonds is 5. The summed E-state index contributed by atoms with van der Waals surface area (Å²) in [7, 11) is 1.63. The van der Waals surface area contributed by atoms with Crippen LogP contribution in [0.1, 0.15) is 43.1 Å². The van der Waals surface area contributed by atoms with E-state index in [9.17, 15) is 4.79 Å². The van der Waals surface area contributed by atoms with E-state index in [-0.39, 0.29) is 17.4 Å². The Morgan fingerprint density at radius 2 is 1.90 bits per heavy atom. The zero-order valence-electron chi connectivity index (χ0n) is 17.6. The van der Waals surface area contributed by atoms with Gasteiger partial charge in [0.2, 0.25) is 5.91 Å². The Morgan fingerprint density at radius 1 is 1.17 bits per heavy atom. The monoisotopic (exact) mass is 402 g/mol. The number of nitrogens with one attached hydrogen (secondary N) is 1. The third kappa shape index (κ3) is 4.48. The molecule has 0 radical (unpaired) electrons. The molecule has 6 heteroatoms. The van der Waals surface area contributed by atoms with E-state index in [0.29, 0.717) is 12.2 Å². The Balaban J connectivity index is 1.54. The zero-order valence-corrected chi connectivity index (χ0v) is 17.6. The van der Waals surface area contributed by atoms with Gasteiger partial charge in [0.15, 0.2) is 5.82 Å². The minimum Gasteiger partial charge on any atom is -0.497 e. The molecule has 2 heterocycles. The summed E-state index contributed by atoms with van der Waals surface area (Å²) >= 11 is 0. The third-order valence-electron chi connectivity index (χ3n) is 5.48. The smallest absolute Gasteiger partial charge is 0.224 e. The predicted molar refractivity (Wildman–Crippen MR) is 115 cm³/mol. The van der Waals surface area contributed by atoms with E-state index < -0.39 is 0 Å². The summed E-state index contributed by atoms with van der Waals surface area (Å²) < 4.78 is 5.18. The lowest BCUT2D eigenvalue weighted by Gasteiger charge is -2.36. The average molecular weight is 402 g/mol. The van der Waals surface area contributed by atoms with Gasteiger partial charge < -0.3 is 10.1 Å². The number of amides is 1. The molecule has 1 unspecified atom stereocenters. The normalized spacial score (nSPS) is 17.1. The molecule has 1 aliphatic rings. The highest BCUT2D eigenvalue weighted by Crippen LogP contribution is 2.40. The van der Waals surface area contributed by atoms with Gasteiger partial charge in [0.05, 0.1) is 25.3 Å². The SMILES string of the molecule is COc1ccc(CC(=O)NC2CC(C)(C)Cc3nc(-c4ccncc4)ncc32)cc1. The molecule has 3 aromatic rings. The van der Waals surface area contributed by atoms with Crippen molar-refractivity contribution in [2.75, 3.05) is 7.11 Å². The number of nitrogens with zero attached hydrogens (tertiary/aromatic N) is 3. The summed E-state index contributed by atoms with van der Waals surface area (Å²) in [6, 6.07) is 11.3. The third-order valence-corrected chi connectivity index (χ3v) is 5.48. The van der Waals surface area contributed by atoms with Gasteiger partial charge in [-0.25, -0.2) is 9.97 Å². The number of carbonyl (C=O) groups is 1. The quantitative estimate of drug-likeness (QED) is 0.700. The van der Waals surface area contributed by atoms with Crippen LogP contribution in [0.4, 0.5) is 0 Å². The summed E-state index contributed by atoms with van der Waals surface area (Å²) in [6.45, 7) is 4.43. The van der Waals surface area contributed by atoms with Crippen LogP contribution in [0.15, 0.2) is 55.0 Å². The second kappa shape index (κ2) is 8.22. The van der Waals surface area contributed by atoms with Crippen molar-refractivity contribution in [1.29, 1.82) is 0 Å². The lowest BCUT2D eigenvalue weighted by molar-refractivity contribution is -0.121. The molecular weight excluding hydrogens is 376 g/mol. The van der Waals surface area contributed by atoms with E-state index in [4.69, 9.17) is 9.72 Å². The van der Waals surface area contributed by atoms with Crippen molar-refractivity contribution in [3.8, 4) is 17.1 Å². The van der Waals surface area contributed by atoms with Gasteiger partial charge in [0.25, 0.3) is 0 Å². The standard InChI is InChI=1S/C24H26N4O2/c1-24(2)13-20(27-22(29)12-16-4-6-18(30-3)7-5-16)19-15-26-23(28-21(19)14-24)17-8-10-25-11-9-17/h4-11,15,20H,12-14H2,1-3H3,(H,27,29). The molecule has 2 aromatic heterocycles. The van der Waals surface area contributed by atoms with E-state index in [2.05, 4.69) is 29.1 Å². The molecule has 0 aliphatic heterocycles. The second-order valence-electron chi connectivity index (χ2n) is 8.52. The Bertz CT molecular complexity index is 1030. The number of carbonyl (C=O) groups excluding carboxylic acids is 1. The van der Waals surface area contributed by atoms with Gasteiger partial charge in [-0.05, 0) is 48.1 Å². The van der Waals surface area contributed by atoms with E-state index in [1.807, 2.05) is 42.6 Å². The molecule has 0 bridgehead atoms. The number of pyridine rings is 1. The molecule has 4 rings (SSSR count). The summed E-state index contributed by atoms with van der Waals surface area (Å²) in [4.78, 5) is 26.2. The Kier molecular flexibility index (Phi) is 5.48. The Labute approximate surface area is 176 Å². The fraction of sp³-hybridized carbons (Fsp3) is 0.333. The number of methoxy groups -OCH3 is 1. The second-order valence-corrected chi connectivity index (χ2v) is 8.52. The number of aromatic nitrogens is 3. The van der Waals surface area contributed by atoms with Crippen LogP contribution in [0.3, 0.4) is 0 Å². The maximum Gasteiger partial charge on any atom is 0.224 e. The number of benzene rings is 1. The van der Waals surface area contributed by atoms with Gasteiger partial charge in [-0.1, -0.05) is 26.0 Å². The molecule has 6 nitrogen and oxygen atoms in total. The number of fused-ring (bicyclic) bond motifs is 1. The molecule has 1 atom stereocenters. The first-order valence-corrected chi connectivity index (χ1v) is 10.1. The number of hydrogen-bond donors (Lipinski definition) is 1. The van der Waals surface area contributed by atoms with Gasteiger partial charge in [-0.2, -0.15) is 0 Å². The van der Waals surface area contributed by atoms with Gasteiger partial charge in [-0.3, -0.25) is 9.78 Å². The van der Waals surface area contributed by atoms with Crippen molar-refractivity contribution in [3.63, 3.8) is 0 Å².